The van der Waals surface area contributed by atoms with E-state index in [4.69, 9.17) is 4.74 Å². The fraction of sp³-hybridized carbons (Fsp3) is 0.600. The van der Waals surface area contributed by atoms with E-state index >= 15 is 0 Å². The summed E-state index contributed by atoms with van der Waals surface area (Å²) in [6, 6.07) is 4.35. The van der Waals surface area contributed by atoms with Crippen molar-refractivity contribution >= 4 is 17.7 Å². The van der Waals surface area contributed by atoms with Crippen molar-refractivity contribution in [3.8, 4) is 0 Å². The molecule has 1 N–H and O–H groups in total. The number of nitrogens with zero attached hydrogens (tertiary/aromatic N) is 1. The zero-order valence-corrected chi connectivity index (χ0v) is 13.1. The Bertz CT molecular complexity index is 475. The Labute approximate surface area is 124 Å². The summed E-state index contributed by atoms with van der Waals surface area (Å²) in [5.41, 5.74) is 1.35. The van der Waals surface area contributed by atoms with Crippen LogP contribution in [0.25, 0.3) is 0 Å². The Morgan fingerprint density at radius 2 is 2.35 bits per heavy atom. The molecule has 0 bridgehead atoms. The van der Waals surface area contributed by atoms with E-state index in [2.05, 4.69) is 23.3 Å². The van der Waals surface area contributed by atoms with Crippen LogP contribution in [0.3, 0.4) is 0 Å². The van der Waals surface area contributed by atoms with Gasteiger partial charge in [-0.15, -0.1) is 11.8 Å². The predicted molar refractivity (Wildman–Crippen MR) is 80.7 cm³/mol. The van der Waals surface area contributed by atoms with Crippen LogP contribution in [0.4, 0.5) is 0 Å². The number of thioether (sulfide) groups is 1. The second kappa shape index (κ2) is 6.59. The van der Waals surface area contributed by atoms with Crippen molar-refractivity contribution in [1.29, 1.82) is 0 Å². The van der Waals surface area contributed by atoms with Crippen LogP contribution < -0.4 is 5.32 Å². The van der Waals surface area contributed by atoms with E-state index in [0.29, 0.717) is 6.42 Å². The number of hydrogen-bond acceptors (Lipinski definition) is 5. The monoisotopic (exact) mass is 294 g/mol. The Balaban J connectivity index is 1.99. The molecule has 1 aliphatic rings. The lowest BCUT2D eigenvalue weighted by atomic mass is 10.1. The second-order valence-electron chi connectivity index (χ2n) is 5.45. The lowest BCUT2D eigenvalue weighted by molar-refractivity contribution is -0.141. The predicted octanol–water partition coefficient (Wildman–Crippen LogP) is 2.80. The molecule has 1 heterocycles. The van der Waals surface area contributed by atoms with Gasteiger partial charge in [-0.25, -0.2) is 4.98 Å². The van der Waals surface area contributed by atoms with Crippen molar-refractivity contribution in [3.05, 3.63) is 23.9 Å². The van der Waals surface area contributed by atoms with Gasteiger partial charge in [-0.3, -0.25) is 4.79 Å². The number of aromatic nitrogens is 1. The summed E-state index contributed by atoms with van der Waals surface area (Å²) in [7, 11) is 3.41. The number of esters is 1. The van der Waals surface area contributed by atoms with Gasteiger partial charge in [-0.05, 0) is 38.3 Å². The molecule has 0 aliphatic heterocycles. The number of carbonyl (C=O) groups excluding carboxylic acids is 1. The van der Waals surface area contributed by atoms with Crippen LogP contribution in [0.1, 0.15) is 37.8 Å². The number of carbonyl (C=O) groups is 1. The molecule has 0 radical (unpaired) electrons. The average Bonchev–Trinajstić information content (AvgIpc) is 3.24. The first-order valence-corrected chi connectivity index (χ1v) is 7.90. The highest BCUT2D eigenvalue weighted by atomic mass is 32.2. The van der Waals surface area contributed by atoms with E-state index < -0.39 is 0 Å². The molecule has 1 fully saturated rings. The molecular weight excluding hydrogens is 272 g/mol. The quantitative estimate of drug-likeness (QED) is 0.619. The van der Waals surface area contributed by atoms with Gasteiger partial charge in [0.1, 0.15) is 5.03 Å². The van der Waals surface area contributed by atoms with Crippen molar-refractivity contribution in [2.24, 2.45) is 5.41 Å². The van der Waals surface area contributed by atoms with Crippen LogP contribution in [0.5, 0.6) is 0 Å². The molecular formula is C15H22N2O2S. The molecule has 2 rings (SSSR count). The number of pyridine rings is 1. The maximum Gasteiger partial charge on any atom is 0.306 e. The summed E-state index contributed by atoms with van der Waals surface area (Å²) < 4.78 is 4.78. The summed E-state index contributed by atoms with van der Waals surface area (Å²) in [6.07, 6.45) is 4.58. The van der Waals surface area contributed by atoms with Crippen LogP contribution in [-0.4, -0.2) is 30.9 Å². The van der Waals surface area contributed by atoms with Gasteiger partial charge in [0.25, 0.3) is 0 Å². The zero-order valence-electron chi connectivity index (χ0n) is 12.3. The van der Waals surface area contributed by atoms with E-state index in [9.17, 15) is 4.79 Å². The molecule has 1 aromatic heterocycles. The highest BCUT2D eigenvalue weighted by Crippen LogP contribution is 2.52. The van der Waals surface area contributed by atoms with Gasteiger partial charge < -0.3 is 10.1 Å². The van der Waals surface area contributed by atoms with Crippen molar-refractivity contribution in [3.63, 3.8) is 0 Å². The van der Waals surface area contributed by atoms with Crippen LogP contribution in [0.15, 0.2) is 23.4 Å². The minimum absolute atomic E-state index is 0.104. The van der Waals surface area contributed by atoms with Crippen molar-refractivity contribution < 1.29 is 9.53 Å². The third-order valence-corrected chi connectivity index (χ3v) is 5.29. The van der Waals surface area contributed by atoms with Crippen molar-refractivity contribution in [2.75, 3.05) is 19.9 Å². The molecule has 0 spiro atoms. The molecule has 1 atom stereocenters. The highest BCUT2D eigenvalue weighted by molar-refractivity contribution is 7.99. The SMILES string of the molecule is CNC(C)c1cccnc1SCC1(CC(=O)OC)CC1. The highest BCUT2D eigenvalue weighted by Gasteiger charge is 2.44. The van der Waals surface area contributed by atoms with Gasteiger partial charge >= 0.3 is 5.97 Å². The Kier molecular flexibility index (Phi) is 5.05. The van der Waals surface area contributed by atoms with Crippen LogP contribution in [-0.2, 0) is 9.53 Å². The van der Waals surface area contributed by atoms with Crippen LogP contribution in [0, 0.1) is 5.41 Å². The maximum absolute atomic E-state index is 11.4. The summed E-state index contributed by atoms with van der Waals surface area (Å²) in [5.74, 6) is 0.829. The van der Waals surface area contributed by atoms with Crippen LogP contribution in [0.2, 0.25) is 0 Å². The number of methoxy groups -OCH3 is 1. The molecule has 0 saturated heterocycles. The molecule has 0 amide bonds. The van der Waals surface area contributed by atoms with E-state index in [1.807, 2.05) is 19.3 Å². The largest absolute Gasteiger partial charge is 0.469 e. The summed E-state index contributed by atoms with van der Waals surface area (Å²) in [4.78, 5) is 15.9. The minimum Gasteiger partial charge on any atom is -0.469 e. The van der Waals surface area contributed by atoms with E-state index in [0.717, 1.165) is 23.6 Å². The van der Waals surface area contributed by atoms with E-state index in [-0.39, 0.29) is 17.4 Å². The third kappa shape index (κ3) is 3.73. The Hall–Kier alpha value is -1.07. The maximum atomic E-state index is 11.4. The number of ether oxygens (including phenoxy) is 1. The zero-order chi connectivity index (χ0) is 14.6. The average molecular weight is 294 g/mol. The molecule has 1 aliphatic carbocycles. The summed E-state index contributed by atoms with van der Waals surface area (Å²) in [5, 5.41) is 4.31. The van der Waals surface area contributed by atoms with E-state index in [1.165, 1.54) is 12.7 Å². The first-order chi connectivity index (χ1) is 9.60. The molecule has 4 nitrogen and oxygen atoms in total. The van der Waals surface area contributed by atoms with Gasteiger partial charge in [-0.2, -0.15) is 0 Å². The molecule has 5 heteroatoms. The molecule has 110 valence electrons. The fourth-order valence-electron chi connectivity index (χ4n) is 2.16. The molecule has 1 unspecified atom stereocenters. The second-order valence-corrected chi connectivity index (χ2v) is 6.41. The number of rotatable bonds is 7. The molecule has 1 aromatic rings. The summed E-state index contributed by atoms with van der Waals surface area (Å²) in [6.45, 7) is 2.13. The fourth-order valence-corrected chi connectivity index (χ4v) is 3.54. The third-order valence-electron chi connectivity index (χ3n) is 3.92. The topological polar surface area (TPSA) is 51.2 Å². The van der Waals surface area contributed by atoms with Crippen LogP contribution >= 0.6 is 11.8 Å². The van der Waals surface area contributed by atoms with E-state index in [1.54, 1.807) is 11.8 Å². The Morgan fingerprint density at radius 1 is 1.60 bits per heavy atom. The normalized spacial score (nSPS) is 17.6. The lowest BCUT2D eigenvalue weighted by Crippen LogP contribution is -2.15. The smallest absolute Gasteiger partial charge is 0.306 e. The minimum atomic E-state index is -0.104. The van der Waals surface area contributed by atoms with Gasteiger partial charge in [0.15, 0.2) is 0 Å². The Morgan fingerprint density at radius 3 is 2.95 bits per heavy atom. The van der Waals surface area contributed by atoms with Gasteiger partial charge in [-0.1, -0.05) is 6.07 Å². The van der Waals surface area contributed by atoms with Crippen molar-refractivity contribution in [1.82, 2.24) is 10.3 Å². The molecule has 0 aromatic carbocycles. The first kappa shape index (κ1) is 15.3. The van der Waals surface area contributed by atoms with Gasteiger partial charge in [0.2, 0.25) is 0 Å². The number of hydrogen-bond donors (Lipinski definition) is 1. The van der Waals surface area contributed by atoms with Gasteiger partial charge in [0.05, 0.1) is 13.5 Å². The van der Waals surface area contributed by atoms with Gasteiger partial charge in [0, 0.05) is 23.6 Å². The first-order valence-electron chi connectivity index (χ1n) is 6.92. The number of nitrogens with one attached hydrogen (secondary N) is 1. The summed E-state index contributed by atoms with van der Waals surface area (Å²) >= 11 is 1.75. The standard InChI is InChI=1S/C15H22N2O2S/c1-11(16-2)12-5-4-8-17-14(12)20-10-15(6-7-15)9-13(18)19-3/h4-5,8,11,16H,6-7,9-10H2,1-3H3. The molecule has 20 heavy (non-hydrogen) atoms. The molecule has 1 saturated carbocycles. The lowest BCUT2D eigenvalue weighted by Gasteiger charge is -2.17. The van der Waals surface area contributed by atoms with Crippen molar-refractivity contribution in [2.45, 2.75) is 37.3 Å².